The number of rotatable bonds is 4. The van der Waals surface area contributed by atoms with Gasteiger partial charge >= 0.3 is 0 Å². The molecule has 1 heteroatoms. The molecule has 0 saturated heterocycles. The summed E-state index contributed by atoms with van der Waals surface area (Å²) >= 11 is 0. The predicted octanol–water partition coefficient (Wildman–Crippen LogP) is 12.0. The van der Waals surface area contributed by atoms with Gasteiger partial charge in [-0.25, -0.2) is 0 Å². The molecule has 0 N–H and O–H groups in total. The van der Waals surface area contributed by atoms with E-state index in [1.54, 1.807) is 30.3 Å². The number of hydrogen-bond acceptors (Lipinski definition) is 1. The zero-order valence-corrected chi connectivity index (χ0v) is 22.6. The molecule has 0 unspecified atom stereocenters. The van der Waals surface area contributed by atoms with E-state index in [0.29, 0.717) is 5.56 Å². The Morgan fingerprint density at radius 1 is 0.477 bits per heavy atom. The van der Waals surface area contributed by atoms with E-state index in [9.17, 15) is 6.85 Å². The lowest BCUT2D eigenvalue weighted by atomic mass is 9.84. The fraction of sp³-hybridized carbons (Fsp3) is 0.0233. The van der Waals surface area contributed by atoms with E-state index in [2.05, 4.69) is 0 Å². The summed E-state index contributed by atoms with van der Waals surface area (Å²) in [6.45, 7) is 0. The van der Waals surface area contributed by atoms with Crippen LogP contribution in [0, 0.1) is 0 Å². The van der Waals surface area contributed by atoms with E-state index in [0.717, 1.165) is 0 Å². The highest BCUT2D eigenvalue weighted by atomic mass is 16.3. The minimum atomic E-state index is -0.807. The van der Waals surface area contributed by atoms with Gasteiger partial charge in [0.2, 0.25) is 0 Å². The van der Waals surface area contributed by atoms with Gasteiger partial charge in [0.05, 0.1) is 27.4 Å². The van der Waals surface area contributed by atoms with Gasteiger partial charge in [0, 0.05) is 10.8 Å². The minimum Gasteiger partial charge on any atom is -0.456 e. The number of furan rings is 1. The van der Waals surface area contributed by atoms with Crippen LogP contribution in [0.25, 0.3) is 76.5 Å². The third-order valence-electron chi connectivity index (χ3n) is 7.75. The Kier molecular flexibility index (Phi) is 2.75. The summed E-state index contributed by atoms with van der Waals surface area (Å²) in [5.41, 5.74) is -1.12. The third-order valence-corrected chi connectivity index (χ3v) is 7.75. The number of hydrogen-bond donors (Lipinski definition) is 0. The molecule has 44 heavy (non-hydrogen) atoms. The second kappa shape index (κ2) is 9.97. The molecule has 0 atom stereocenters. The first kappa shape index (κ1) is 12.1. The van der Waals surface area contributed by atoms with Gasteiger partial charge in [0.1, 0.15) is 11.2 Å². The third kappa shape index (κ3) is 3.80. The molecule has 0 spiro atoms. The Morgan fingerprint density at radius 2 is 1.07 bits per heavy atom. The maximum Gasteiger partial charge on any atom is 0.136 e. The minimum absolute atomic E-state index is 0.0733. The molecule has 0 amide bonds. The van der Waals surface area contributed by atoms with Crippen LogP contribution in [0.2, 0.25) is 0 Å². The second-order valence-corrected chi connectivity index (χ2v) is 10.1. The average Bonchev–Trinajstić information content (AvgIpc) is 3.68. The van der Waals surface area contributed by atoms with Crippen LogP contribution in [0.1, 0.15) is 38.5 Å². The van der Waals surface area contributed by atoms with Crippen LogP contribution in [-0.4, -0.2) is 0 Å². The van der Waals surface area contributed by atoms with E-state index in [4.69, 9.17) is 25.0 Å². The van der Waals surface area contributed by atoms with Crippen molar-refractivity contribution < 1.29 is 31.8 Å². The topological polar surface area (TPSA) is 13.1 Å². The van der Waals surface area contributed by atoms with E-state index in [1.165, 1.54) is 6.07 Å². The van der Waals surface area contributed by atoms with Crippen LogP contribution >= 0.6 is 0 Å². The fourth-order valence-corrected chi connectivity index (χ4v) is 5.90. The van der Waals surface area contributed by atoms with E-state index in [1.807, 2.05) is 0 Å². The van der Waals surface area contributed by atoms with Gasteiger partial charge in [-0.15, -0.1) is 0 Å². The molecule has 9 rings (SSSR count). The Balaban J connectivity index is 1.60. The van der Waals surface area contributed by atoms with Crippen molar-refractivity contribution in [2.45, 2.75) is 6.42 Å². The molecule has 0 fully saturated rings. The largest absolute Gasteiger partial charge is 0.456 e. The summed E-state index contributed by atoms with van der Waals surface area (Å²) in [5.74, 6) is 0. The van der Waals surface area contributed by atoms with Gasteiger partial charge in [-0.3, -0.25) is 0 Å². The molecule has 0 saturated carbocycles. The monoisotopic (exact) mass is 580 g/mol. The van der Waals surface area contributed by atoms with Gasteiger partial charge in [0.15, 0.2) is 0 Å². The highest BCUT2D eigenvalue weighted by Gasteiger charge is 2.21. The summed E-state index contributed by atoms with van der Waals surface area (Å²) in [4.78, 5) is 0. The Labute approximate surface area is 283 Å². The van der Waals surface area contributed by atoms with Crippen molar-refractivity contribution in [3.8, 4) is 22.3 Å². The Bertz CT molecular complexity index is 3550. The fourth-order valence-electron chi connectivity index (χ4n) is 5.90. The predicted molar refractivity (Wildman–Crippen MR) is 186 cm³/mol. The van der Waals surface area contributed by atoms with Gasteiger partial charge in [-0.1, -0.05) is 145 Å². The standard InChI is InChI=1S/C43H28O/c1-2-13-29(14-3-1)32-23-11-25-39-42(32)43-37(24-12-26-40(43)44-39)41-35-21-8-6-19-33(35)38(34-20-7-9-22-36(34)41)27-30-17-10-16-28-15-4-5-18-31(28)30/h1-26H,27H2/i4D,5D,6D,7D,8D,9D,10D,11D,12D,15D,16D,17D,18D,19D,20D,21D,22D,24D,25D,26D. The molecule has 8 aromatic carbocycles. The van der Waals surface area contributed by atoms with Crippen molar-refractivity contribution in [2.24, 2.45) is 0 Å². The van der Waals surface area contributed by atoms with Gasteiger partial charge in [-0.05, 0) is 84.2 Å². The first-order chi connectivity index (χ1) is 30.1. The van der Waals surface area contributed by atoms with Crippen molar-refractivity contribution in [3.63, 3.8) is 0 Å². The van der Waals surface area contributed by atoms with Crippen molar-refractivity contribution in [3.05, 3.63) is 168 Å². The molecular weight excluding hydrogens is 532 g/mol. The number of fused-ring (bicyclic) bond motifs is 6. The van der Waals surface area contributed by atoms with Crippen LogP contribution < -0.4 is 0 Å². The summed E-state index contributed by atoms with van der Waals surface area (Å²) in [6.07, 6.45) is -0.735. The summed E-state index contributed by atoms with van der Waals surface area (Å²) < 4.78 is 185. The molecule has 0 aliphatic heterocycles. The lowest BCUT2D eigenvalue weighted by Gasteiger charge is -2.19. The van der Waals surface area contributed by atoms with Crippen molar-refractivity contribution in [2.75, 3.05) is 0 Å². The maximum absolute atomic E-state index is 9.56. The van der Waals surface area contributed by atoms with Gasteiger partial charge < -0.3 is 4.42 Å². The van der Waals surface area contributed by atoms with E-state index >= 15 is 0 Å². The maximum atomic E-state index is 9.56. The molecular formula is C43H28O. The normalized spacial score (nSPS) is 18.1. The van der Waals surface area contributed by atoms with Crippen LogP contribution in [0.15, 0.2) is 162 Å². The van der Waals surface area contributed by atoms with Gasteiger partial charge in [-0.2, -0.15) is 0 Å². The van der Waals surface area contributed by atoms with Crippen LogP contribution in [0.3, 0.4) is 0 Å². The second-order valence-electron chi connectivity index (χ2n) is 10.1. The van der Waals surface area contributed by atoms with Gasteiger partial charge in [0.25, 0.3) is 0 Å². The first-order valence-corrected chi connectivity index (χ1v) is 13.6. The SMILES string of the molecule is [2H]c1cc(-c2ccccc2)c2c(oc3c([2H])c([2H])c([2H])c(-c4c5c([2H])c([2H])c([2H])c([2H])c5c(Cc5c([2H])c([2H])c([2H])c6c([2H])c([2H])c([2H])c([2H])c56)c5c([2H])c([2H])c([2H])c([2H])c45)c32)c1[2H]. The lowest BCUT2D eigenvalue weighted by Crippen LogP contribution is -1.96. The highest BCUT2D eigenvalue weighted by molar-refractivity contribution is 6.24. The molecule has 206 valence electrons. The Morgan fingerprint density at radius 3 is 1.82 bits per heavy atom. The van der Waals surface area contributed by atoms with Crippen LogP contribution in [0.4, 0.5) is 0 Å². The van der Waals surface area contributed by atoms with Crippen LogP contribution in [0.5, 0.6) is 0 Å². The average molecular weight is 581 g/mol. The Hall–Kier alpha value is -5.66. The molecule has 1 aromatic heterocycles. The number of benzene rings is 8. The summed E-state index contributed by atoms with van der Waals surface area (Å²) in [7, 11) is 0. The zero-order valence-electron chi connectivity index (χ0n) is 42.6. The molecule has 1 heterocycles. The first-order valence-electron chi connectivity index (χ1n) is 23.6. The van der Waals surface area contributed by atoms with E-state index < -0.39 is 148 Å². The quantitative estimate of drug-likeness (QED) is 0.189. The summed E-state index contributed by atoms with van der Waals surface area (Å²) in [5, 5.41) is -2.46. The molecule has 0 aliphatic carbocycles. The molecule has 1 nitrogen and oxygen atoms in total. The smallest absolute Gasteiger partial charge is 0.136 e. The summed E-state index contributed by atoms with van der Waals surface area (Å²) in [6, 6.07) is -4.02. The molecule has 0 bridgehead atoms. The molecule has 9 aromatic rings. The van der Waals surface area contributed by atoms with Crippen molar-refractivity contribution in [1.29, 1.82) is 0 Å². The highest BCUT2D eigenvalue weighted by Crippen LogP contribution is 2.46. The van der Waals surface area contributed by atoms with E-state index in [-0.39, 0.29) is 61.2 Å². The zero-order chi connectivity index (χ0) is 46.4. The molecule has 0 aliphatic rings. The lowest BCUT2D eigenvalue weighted by molar-refractivity contribution is 0.669. The van der Waals surface area contributed by atoms with Crippen molar-refractivity contribution >= 4 is 54.3 Å². The van der Waals surface area contributed by atoms with Crippen molar-refractivity contribution in [1.82, 2.24) is 0 Å². The van der Waals surface area contributed by atoms with Crippen LogP contribution in [-0.2, 0) is 6.42 Å². The molecule has 0 radical (unpaired) electrons.